The van der Waals surface area contributed by atoms with E-state index in [1.807, 2.05) is 0 Å². The second kappa shape index (κ2) is 4.97. The topological polar surface area (TPSA) is 22.1 Å². The second-order valence-electron chi connectivity index (χ2n) is 5.34. The van der Waals surface area contributed by atoms with E-state index in [9.17, 15) is 0 Å². The van der Waals surface area contributed by atoms with Crippen LogP contribution in [0.2, 0.25) is 0 Å². The van der Waals surface area contributed by atoms with Crippen LogP contribution in [0.5, 0.6) is 5.75 Å². The molecule has 0 saturated carbocycles. The lowest BCUT2D eigenvalue weighted by molar-refractivity contribution is 0.405. The van der Waals surface area contributed by atoms with Crippen LogP contribution in [0.1, 0.15) is 50.8 Å². The summed E-state index contributed by atoms with van der Waals surface area (Å²) in [7, 11) is 1.71. The minimum Gasteiger partial charge on any atom is -0.495 e. The number of benzene rings is 1. The van der Waals surface area contributed by atoms with Gasteiger partial charge in [-0.05, 0) is 35.6 Å². The van der Waals surface area contributed by atoms with Gasteiger partial charge in [0.15, 0.2) is 0 Å². The summed E-state index contributed by atoms with van der Waals surface area (Å²) < 4.78 is 5.45. The van der Waals surface area contributed by atoms with Crippen molar-refractivity contribution >= 4 is 10.9 Å². The molecule has 1 aromatic heterocycles. The van der Waals surface area contributed by atoms with Crippen molar-refractivity contribution in [1.29, 1.82) is 0 Å². The molecule has 0 unspecified atom stereocenters. The first-order valence-corrected chi connectivity index (χ1v) is 6.51. The molecule has 18 heavy (non-hydrogen) atoms. The predicted octanol–water partition coefficient (Wildman–Crippen LogP) is 4.49. The molecule has 0 N–H and O–H groups in total. The summed E-state index contributed by atoms with van der Waals surface area (Å²) in [5.74, 6) is 1.79. The van der Waals surface area contributed by atoms with Crippen molar-refractivity contribution < 1.29 is 4.74 Å². The Hall–Kier alpha value is -1.57. The van der Waals surface area contributed by atoms with Crippen molar-refractivity contribution in [3.63, 3.8) is 0 Å². The van der Waals surface area contributed by atoms with Gasteiger partial charge < -0.3 is 4.74 Å². The molecule has 0 bridgehead atoms. The molecule has 0 saturated heterocycles. The van der Waals surface area contributed by atoms with E-state index >= 15 is 0 Å². The van der Waals surface area contributed by atoms with Gasteiger partial charge in [0.2, 0.25) is 0 Å². The number of hydrogen-bond acceptors (Lipinski definition) is 2. The van der Waals surface area contributed by atoms with Crippen LogP contribution in [0.3, 0.4) is 0 Å². The molecule has 1 heterocycles. The fourth-order valence-corrected chi connectivity index (χ4v) is 2.13. The number of aromatic nitrogens is 1. The van der Waals surface area contributed by atoms with Gasteiger partial charge in [0.05, 0.1) is 18.3 Å². The maximum Gasteiger partial charge on any atom is 0.141 e. The minimum atomic E-state index is 0.370. The molecule has 2 nitrogen and oxygen atoms in total. The van der Waals surface area contributed by atoms with Gasteiger partial charge in [0, 0.05) is 5.39 Å². The highest BCUT2D eigenvalue weighted by Crippen LogP contribution is 2.29. The van der Waals surface area contributed by atoms with Crippen LogP contribution in [-0.4, -0.2) is 12.1 Å². The highest BCUT2D eigenvalue weighted by Gasteiger charge is 2.11. The molecule has 1 aromatic carbocycles. The van der Waals surface area contributed by atoms with Crippen molar-refractivity contribution in [3.05, 3.63) is 35.5 Å². The van der Waals surface area contributed by atoms with Crippen LogP contribution in [0.4, 0.5) is 0 Å². The predicted molar refractivity (Wildman–Crippen MR) is 76.5 cm³/mol. The van der Waals surface area contributed by atoms with Crippen LogP contribution in [0, 0.1) is 0 Å². The molecule has 0 radical (unpaired) electrons. The molecule has 96 valence electrons. The van der Waals surface area contributed by atoms with E-state index in [-0.39, 0.29) is 0 Å². The Morgan fingerprint density at radius 1 is 1.00 bits per heavy atom. The minimum absolute atomic E-state index is 0.370. The standard InChI is InChI=1S/C16H21NO/c1-10(2)12-6-7-14-13(8-12)9-15(18-5)16(17-14)11(3)4/h6-11H,1-5H3. The lowest BCUT2D eigenvalue weighted by Gasteiger charge is -2.13. The first-order chi connectivity index (χ1) is 8.52. The molecule has 0 aliphatic rings. The van der Waals surface area contributed by atoms with Gasteiger partial charge in [-0.25, -0.2) is 4.98 Å². The Bertz CT molecular complexity index is 558. The first-order valence-electron chi connectivity index (χ1n) is 6.51. The van der Waals surface area contributed by atoms with Crippen LogP contribution >= 0.6 is 0 Å². The Morgan fingerprint density at radius 3 is 2.28 bits per heavy atom. The largest absolute Gasteiger partial charge is 0.495 e. The quantitative estimate of drug-likeness (QED) is 0.792. The Kier molecular flexibility index (Phi) is 3.55. The summed E-state index contributed by atoms with van der Waals surface area (Å²) in [6.07, 6.45) is 0. The fraction of sp³-hybridized carbons (Fsp3) is 0.438. The highest BCUT2D eigenvalue weighted by molar-refractivity contribution is 5.81. The maximum atomic E-state index is 5.45. The van der Waals surface area contributed by atoms with Crippen molar-refractivity contribution in [2.24, 2.45) is 0 Å². The molecular weight excluding hydrogens is 222 g/mol. The van der Waals surface area contributed by atoms with E-state index in [0.717, 1.165) is 22.3 Å². The average molecular weight is 243 g/mol. The van der Waals surface area contributed by atoms with Crippen LogP contribution < -0.4 is 4.74 Å². The monoisotopic (exact) mass is 243 g/mol. The summed E-state index contributed by atoms with van der Waals surface area (Å²) in [6.45, 7) is 8.68. The third-order valence-electron chi connectivity index (χ3n) is 3.26. The summed E-state index contributed by atoms with van der Waals surface area (Å²) >= 11 is 0. The van der Waals surface area contributed by atoms with E-state index in [2.05, 4.69) is 52.0 Å². The van der Waals surface area contributed by atoms with E-state index in [1.165, 1.54) is 5.56 Å². The number of ether oxygens (including phenoxy) is 1. The van der Waals surface area contributed by atoms with Gasteiger partial charge in [-0.1, -0.05) is 33.8 Å². The molecular formula is C16H21NO. The third-order valence-corrected chi connectivity index (χ3v) is 3.26. The van der Waals surface area contributed by atoms with E-state index in [1.54, 1.807) is 7.11 Å². The number of pyridine rings is 1. The zero-order chi connectivity index (χ0) is 13.3. The van der Waals surface area contributed by atoms with Crippen molar-refractivity contribution in [2.45, 2.75) is 39.5 Å². The zero-order valence-electron chi connectivity index (χ0n) is 11.8. The van der Waals surface area contributed by atoms with Crippen LogP contribution in [0.15, 0.2) is 24.3 Å². The number of methoxy groups -OCH3 is 1. The lowest BCUT2D eigenvalue weighted by atomic mass is 10.00. The molecule has 2 aromatic rings. The van der Waals surface area contributed by atoms with Gasteiger partial charge >= 0.3 is 0 Å². The Labute approximate surface area is 109 Å². The molecule has 0 aliphatic heterocycles. The van der Waals surface area contributed by atoms with Crippen molar-refractivity contribution in [1.82, 2.24) is 4.98 Å². The maximum absolute atomic E-state index is 5.45. The molecule has 0 aliphatic carbocycles. The Morgan fingerprint density at radius 2 is 1.72 bits per heavy atom. The van der Waals surface area contributed by atoms with E-state index in [0.29, 0.717) is 11.8 Å². The molecule has 2 rings (SSSR count). The zero-order valence-corrected chi connectivity index (χ0v) is 11.8. The number of fused-ring (bicyclic) bond motifs is 1. The first kappa shape index (κ1) is 12.9. The van der Waals surface area contributed by atoms with Gasteiger partial charge in [-0.3, -0.25) is 0 Å². The van der Waals surface area contributed by atoms with Crippen molar-refractivity contribution in [3.8, 4) is 5.75 Å². The third kappa shape index (κ3) is 2.33. The van der Waals surface area contributed by atoms with Gasteiger partial charge in [-0.15, -0.1) is 0 Å². The fourth-order valence-electron chi connectivity index (χ4n) is 2.13. The van der Waals surface area contributed by atoms with E-state index in [4.69, 9.17) is 9.72 Å². The summed E-state index contributed by atoms with van der Waals surface area (Å²) in [4.78, 5) is 4.72. The number of nitrogens with zero attached hydrogens (tertiary/aromatic N) is 1. The molecule has 0 spiro atoms. The molecule has 0 atom stereocenters. The normalized spacial score (nSPS) is 11.5. The highest BCUT2D eigenvalue weighted by atomic mass is 16.5. The van der Waals surface area contributed by atoms with Gasteiger partial charge in [0.1, 0.15) is 5.75 Å². The van der Waals surface area contributed by atoms with Gasteiger partial charge in [0.25, 0.3) is 0 Å². The number of hydrogen-bond donors (Lipinski definition) is 0. The van der Waals surface area contributed by atoms with Crippen LogP contribution in [0.25, 0.3) is 10.9 Å². The SMILES string of the molecule is COc1cc2cc(C(C)C)ccc2nc1C(C)C. The van der Waals surface area contributed by atoms with Crippen LogP contribution in [-0.2, 0) is 0 Å². The smallest absolute Gasteiger partial charge is 0.141 e. The van der Waals surface area contributed by atoms with Gasteiger partial charge in [-0.2, -0.15) is 0 Å². The summed E-state index contributed by atoms with van der Waals surface area (Å²) in [5, 5.41) is 1.16. The molecule has 2 heteroatoms. The molecule has 0 amide bonds. The molecule has 0 fully saturated rings. The Balaban J connectivity index is 2.63. The van der Waals surface area contributed by atoms with Crippen molar-refractivity contribution in [2.75, 3.05) is 7.11 Å². The van der Waals surface area contributed by atoms with E-state index < -0.39 is 0 Å². The average Bonchev–Trinajstić information content (AvgIpc) is 2.36. The summed E-state index contributed by atoms with van der Waals surface area (Å²) in [6, 6.07) is 8.58. The number of rotatable bonds is 3. The summed E-state index contributed by atoms with van der Waals surface area (Å²) in [5.41, 5.74) is 3.41. The second-order valence-corrected chi connectivity index (χ2v) is 5.34. The lowest BCUT2D eigenvalue weighted by Crippen LogP contribution is -1.99.